The van der Waals surface area contributed by atoms with Gasteiger partial charge in [0, 0.05) is 28.8 Å². The predicted molar refractivity (Wildman–Crippen MR) is 140 cm³/mol. The molecule has 4 heterocycles. The molecule has 2 aliphatic heterocycles. The molecule has 37 heavy (non-hydrogen) atoms. The summed E-state index contributed by atoms with van der Waals surface area (Å²) in [6.45, 7) is 4.67. The van der Waals surface area contributed by atoms with E-state index < -0.39 is 29.2 Å². The molecule has 0 aromatic carbocycles. The maximum Gasteiger partial charge on any atom is 0.352 e. The molecule has 13 heteroatoms. The Balaban J connectivity index is 1.50. The molecule has 0 radical (unpaired) electrons. The van der Waals surface area contributed by atoms with Gasteiger partial charge in [-0.25, -0.2) is 14.3 Å². The Bertz CT molecular complexity index is 1250. The van der Waals surface area contributed by atoms with Crippen molar-refractivity contribution in [2.24, 2.45) is 5.16 Å². The van der Waals surface area contributed by atoms with Gasteiger partial charge in [0.15, 0.2) is 29.8 Å². The zero-order valence-corrected chi connectivity index (χ0v) is 22.3. The third-order valence-corrected chi connectivity index (χ3v) is 8.46. The number of amides is 2. The number of aliphatic carboxylic acids is 1. The standard InChI is InChI=1S/C24H28N6O5S2/c1-4-13(5-2)14-6-8-29(9-7-14)10-15-11-36-22-18(21(32)30(22)19(15)23(33)34)27-20(31)17(28-35-3)16-12-37-24(25)26-16/h6-9,12-13,18,22H,4-5,10-11H2,1-3H3,(H3-,25,26,27,31,33,34)/p+1/b28-17-/t18-,22-/m1/s1. The SMILES string of the molecule is CCC(CC)c1cc[n+](CC2=C(C(=O)O)N3C(=O)[C@@H](NC(=O)/C(=N\OC)c4csc(N)n4)[C@H]3SC2)cc1. The fourth-order valence-electron chi connectivity index (χ4n) is 4.53. The lowest BCUT2D eigenvalue weighted by Crippen LogP contribution is -2.71. The van der Waals surface area contributed by atoms with E-state index in [0.717, 1.165) is 24.2 Å². The summed E-state index contributed by atoms with van der Waals surface area (Å²) in [7, 11) is 1.29. The van der Waals surface area contributed by atoms with Gasteiger partial charge in [0.2, 0.25) is 0 Å². The van der Waals surface area contributed by atoms with Gasteiger partial charge in [-0.2, -0.15) is 0 Å². The van der Waals surface area contributed by atoms with Gasteiger partial charge in [-0.15, -0.1) is 23.1 Å². The first-order chi connectivity index (χ1) is 17.8. The molecule has 4 N–H and O–H groups in total. The first-order valence-corrected chi connectivity index (χ1v) is 13.7. The van der Waals surface area contributed by atoms with Crippen LogP contribution in [-0.4, -0.2) is 62.8 Å². The lowest BCUT2D eigenvalue weighted by atomic mass is 9.95. The zero-order chi connectivity index (χ0) is 26.7. The molecular formula is C24H29N6O5S2+. The van der Waals surface area contributed by atoms with Gasteiger partial charge in [-0.3, -0.25) is 14.5 Å². The number of oxime groups is 1. The van der Waals surface area contributed by atoms with Crippen LogP contribution in [0.4, 0.5) is 5.13 Å². The molecule has 0 unspecified atom stereocenters. The summed E-state index contributed by atoms with van der Waals surface area (Å²) in [6, 6.07) is 3.22. The third kappa shape index (κ3) is 5.32. The monoisotopic (exact) mass is 545 g/mol. The minimum atomic E-state index is -1.17. The lowest BCUT2D eigenvalue weighted by molar-refractivity contribution is -0.689. The maximum absolute atomic E-state index is 13.0. The number of fused-ring (bicyclic) bond motifs is 1. The van der Waals surface area contributed by atoms with E-state index in [1.807, 2.05) is 17.0 Å². The Hall–Kier alpha value is -3.45. The van der Waals surface area contributed by atoms with Crippen molar-refractivity contribution in [2.45, 2.75) is 50.6 Å². The van der Waals surface area contributed by atoms with Gasteiger partial charge < -0.3 is 21.0 Å². The molecule has 2 aliphatic rings. The highest BCUT2D eigenvalue weighted by Crippen LogP contribution is 2.40. The van der Waals surface area contributed by atoms with Crippen LogP contribution < -0.4 is 15.6 Å². The number of carboxylic acid groups (broad SMARTS) is 1. The molecule has 0 spiro atoms. The number of nitrogen functional groups attached to an aromatic ring is 1. The van der Waals surface area contributed by atoms with Crippen LogP contribution in [0.5, 0.6) is 0 Å². The van der Waals surface area contributed by atoms with Crippen molar-refractivity contribution in [1.82, 2.24) is 15.2 Å². The molecule has 0 saturated carbocycles. The van der Waals surface area contributed by atoms with Gasteiger partial charge in [-0.05, 0) is 24.3 Å². The molecule has 11 nitrogen and oxygen atoms in total. The smallest absolute Gasteiger partial charge is 0.352 e. The number of thiazole rings is 1. The fourth-order valence-corrected chi connectivity index (χ4v) is 6.42. The number of aromatic nitrogens is 2. The average Bonchev–Trinajstić information content (AvgIpc) is 3.32. The second-order valence-corrected chi connectivity index (χ2v) is 10.6. The Morgan fingerprint density at radius 1 is 1.35 bits per heavy atom. The van der Waals surface area contributed by atoms with Crippen molar-refractivity contribution in [3.8, 4) is 0 Å². The topological polar surface area (TPSA) is 151 Å². The van der Waals surface area contributed by atoms with E-state index in [1.165, 1.54) is 29.3 Å². The lowest BCUT2D eigenvalue weighted by Gasteiger charge is -2.49. The normalized spacial score (nSPS) is 19.5. The maximum atomic E-state index is 13.0. The van der Waals surface area contributed by atoms with Crippen molar-refractivity contribution >= 4 is 51.7 Å². The van der Waals surface area contributed by atoms with Crippen molar-refractivity contribution in [1.29, 1.82) is 0 Å². The molecule has 4 rings (SSSR count). The van der Waals surface area contributed by atoms with Crippen molar-refractivity contribution in [3.05, 3.63) is 52.4 Å². The molecule has 2 amide bonds. The minimum absolute atomic E-state index is 0.0334. The van der Waals surface area contributed by atoms with Gasteiger partial charge >= 0.3 is 5.97 Å². The summed E-state index contributed by atoms with van der Waals surface area (Å²) in [6.07, 6.45) is 6.00. The molecule has 2 aromatic heterocycles. The summed E-state index contributed by atoms with van der Waals surface area (Å²) < 4.78 is 1.92. The number of rotatable bonds is 10. The van der Waals surface area contributed by atoms with Gasteiger partial charge in [-0.1, -0.05) is 19.0 Å². The van der Waals surface area contributed by atoms with Crippen LogP contribution in [0.15, 0.2) is 46.3 Å². The second-order valence-electron chi connectivity index (χ2n) is 8.63. The van der Waals surface area contributed by atoms with Crippen molar-refractivity contribution in [3.63, 3.8) is 0 Å². The molecule has 2 atom stereocenters. The summed E-state index contributed by atoms with van der Waals surface area (Å²) in [5.74, 6) is -1.43. The quantitative estimate of drug-likeness (QED) is 0.177. The minimum Gasteiger partial charge on any atom is -0.477 e. The van der Waals surface area contributed by atoms with Crippen molar-refractivity contribution < 1.29 is 28.9 Å². The fraction of sp³-hybridized carbons (Fsp3) is 0.417. The highest BCUT2D eigenvalue weighted by molar-refractivity contribution is 8.00. The van der Waals surface area contributed by atoms with Crippen LogP contribution in [0.25, 0.3) is 0 Å². The molecule has 1 fully saturated rings. The first kappa shape index (κ1) is 26.6. The van der Waals surface area contributed by atoms with E-state index in [9.17, 15) is 19.5 Å². The summed E-state index contributed by atoms with van der Waals surface area (Å²) in [4.78, 5) is 48.2. The summed E-state index contributed by atoms with van der Waals surface area (Å²) >= 11 is 2.55. The second kappa shape index (κ2) is 11.3. The van der Waals surface area contributed by atoms with Crippen LogP contribution in [0, 0.1) is 0 Å². The number of nitrogens with zero attached hydrogens (tertiary/aromatic N) is 4. The number of nitrogens with one attached hydrogen (secondary N) is 1. The van der Waals surface area contributed by atoms with E-state index in [4.69, 9.17) is 10.6 Å². The number of hydrogen-bond acceptors (Lipinski definition) is 9. The Morgan fingerprint density at radius 2 is 2.05 bits per heavy atom. The summed E-state index contributed by atoms with van der Waals surface area (Å²) in [5, 5.41) is 17.6. The molecule has 0 bridgehead atoms. The Morgan fingerprint density at radius 3 is 2.62 bits per heavy atom. The number of β-lactam (4-membered cyclic amide) rings is 1. The molecular weight excluding hydrogens is 516 g/mol. The zero-order valence-electron chi connectivity index (χ0n) is 20.7. The van der Waals surface area contributed by atoms with E-state index >= 15 is 0 Å². The predicted octanol–water partition coefficient (Wildman–Crippen LogP) is 1.71. The van der Waals surface area contributed by atoms with Gasteiger partial charge in [0.05, 0.1) is 0 Å². The average molecular weight is 546 g/mol. The first-order valence-electron chi connectivity index (χ1n) is 11.8. The number of thioether (sulfide) groups is 1. The molecule has 0 aliphatic carbocycles. The van der Waals surface area contributed by atoms with Crippen LogP contribution >= 0.6 is 23.1 Å². The van der Waals surface area contributed by atoms with Crippen molar-refractivity contribution in [2.75, 3.05) is 18.6 Å². The Labute approximate surface area is 222 Å². The third-order valence-electron chi connectivity index (χ3n) is 6.45. The molecule has 1 saturated heterocycles. The van der Waals surface area contributed by atoms with E-state index in [1.54, 1.807) is 5.38 Å². The van der Waals surface area contributed by atoms with E-state index in [-0.39, 0.29) is 22.2 Å². The van der Waals surface area contributed by atoms with E-state index in [2.05, 4.69) is 41.4 Å². The van der Waals surface area contributed by atoms with Crippen LogP contribution in [0.1, 0.15) is 43.9 Å². The number of nitrogens with two attached hydrogens (primary N) is 1. The summed E-state index contributed by atoms with van der Waals surface area (Å²) in [5.41, 5.74) is 7.61. The van der Waals surface area contributed by atoms with Crippen LogP contribution in [0.2, 0.25) is 0 Å². The number of carbonyl (C=O) groups excluding carboxylic acids is 2. The number of pyridine rings is 1. The highest BCUT2D eigenvalue weighted by atomic mass is 32.2. The number of anilines is 1. The highest BCUT2D eigenvalue weighted by Gasteiger charge is 2.54. The van der Waals surface area contributed by atoms with E-state index in [0.29, 0.717) is 23.8 Å². The van der Waals surface area contributed by atoms with Gasteiger partial charge in [0.25, 0.3) is 11.8 Å². The molecule has 196 valence electrons. The Kier molecular flexibility index (Phi) is 8.13. The van der Waals surface area contributed by atoms with Crippen LogP contribution in [0.3, 0.4) is 0 Å². The number of carboxylic acids is 1. The number of hydrogen-bond donors (Lipinski definition) is 3. The molecule has 2 aromatic rings. The van der Waals surface area contributed by atoms with Gasteiger partial charge in [0.1, 0.15) is 29.9 Å². The number of carbonyl (C=O) groups is 3. The van der Waals surface area contributed by atoms with Crippen LogP contribution in [-0.2, 0) is 25.8 Å². The largest absolute Gasteiger partial charge is 0.477 e.